The van der Waals surface area contributed by atoms with Gasteiger partial charge in [-0.2, -0.15) is 0 Å². The van der Waals surface area contributed by atoms with Gasteiger partial charge in [0.1, 0.15) is 6.61 Å². The van der Waals surface area contributed by atoms with E-state index in [1.54, 1.807) is 6.08 Å². The summed E-state index contributed by atoms with van der Waals surface area (Å²) in [5.74, 6) is 0.144. The minimum Gasteiger partial charge on any atom is -0.462 e. The first-order chi connectivity index (χ1) is 23.9. The van der Waals surface area contributed by atoms with E-state index in [1.165, 1.54) is 77.0 Å². The van der Waals surface area contributed by atoms with Gasteiger partial charge in [-0.15, -0.1) is 0 Å². The minimum absolute atomic E-state index is 0.107. The van der Waals surface area contributed by atoms with Crippen LogP contribution in [0.5, 0.6) is 0 Å². The Labute approximate surface area is 301 Å². The van der Waals surface area contributed by atoms with E-state index in [4.69, 9.17) is 9.47 Å². The zero-order chi connectivity index (χ0) is 36.0. The molecular formula is C43H74O6. The number of aliphatic hydroxyl groups excluding tert-OH is 2. The monoisotopic (exact) mass is 687 g/mol. The first kappa shape index (κ1) is 46.6. The number of ether oxygens (including phenoxy) is 2. The molecule has 1 unspecified atom stereocenters. The summed E-state index contributed by atoms with van der Waals surface area (Å²) in [6.07, 6.45) is 43.2. The van der Waals surface area contributed by atoms with Gasteiger partial charge in [0.05, 0.1) is 12.7 Å². The quantitative estimate of drug-likeness (QED) is 0.0303. The van der Waals surface area contributed by atoms with Gasteiger partial charge in [0.25, 0.3) is 0 Å². The number of hydrogen-bond acceptors (Lipinski definition) is 6. The Morgan fingerprint density at radius 1 is 0.633 bits per heavy atom. The van der Waals surface area contributed by atoms with Crippen molar-refractivity contribution < 1.29 is 29.3 Å². The Morgan fingerprint density at radius 3 is 1.80 bits per heavy atom. The van der Waals surface area contributed by atoms with Crippen LogP contribution in [0, 0.1) is 5.92 Å². The number of carbonyl (C=O) groups excluding carboxylic acids is 2. The van der Waals surface area contributed by atoms with Gasteiger partial charge in [-0.05, 0) is 50.9 Å². The van der Waals surface area contributed by atoms with E-state index in [9.17, 15) is 19.8 Å². The van der Waals surface area contributed by atoms with Crippen molar-refractivity contribution in [3.05, 3.63) is 60.8 Å². The predicted octanol–water partition coefficient (Wildman–Crippen LogP) is 11.2. The topological polar surface area (TPSA) is 93.1 Å². The first-order valence-corrected chi connectivity index (χ1v) is 19.8. The zero-order valence-electron chi connectivity index (χ0n) is 31.7. The maximum atomic E-state index is 12.1. The van der Waals surface area contributed by atoms with E-state index in [2.05, 4.69) is 39.0 Å². The minimum atomic E-state index is -0.822. The Bertz CT molecular complexity index is 900. The van der Waals surface area contributed by atoms with Crippen LogP contribution in [0.3, 0.4) is 0 Å². The molecule has 6 nitrogen and oxygen atoms in total. The molecule has 2 N–H and O–H groups in total. The van der Waals surface area contributed by atoms with Gasteiger partial charge in [-0.25, -0.2) is 0 Å². The fourth-order valence-electron chi connectivity index (χ4n) is 5.33. The molecule has 0 saturated heterocycles. The number of rotatable bonds is 34. The number of allylic oxidation sites excluding steroid dienone is 8. The normalized spacial score (nSPS) is 13.6. The van der Waals surface area contributed by atoms with Crippen molar-refractivity contribution in [2.75, 3.05) is 13.2 Å². The number of carbonyl (C=O) groups is 2. The van der Waals surface area contributed by atoms with E-state index >= 15 is 0 Å². The van der Waals surface area contributed by atoms with E-state index < -0.39 is 18.2 Å². The van der Waals surface area contributed by atoms with Gasteiger partial charge >= 0.3 is 11.9 Å². The van der Waals surface area contributed by atoms with Crippen LogP contribution in [-0.2, 0) is 19.1 Å². The molecule has 0 amide bonds. The molecular weight excluding hydrogens is 612 g/mol. The van der Waals surface area contributed by atoms with Gasteiger partial charge in [0, 0.05) is 12.8 Å². The summed E-state index contributed by atoms with van der Waals surface area (Å²) in [6.45, 7) is 6.25. The summed E-state index contributed by atoms with van der Waals surface area (Å²) in [7, 11) is 0. The number of unbranched alkanes of at least 4 members (excludes halogenated alkanes) is 14. The summed E-state index contributed by atoms with van der Waals surface area (Å²) in [6, 6.07) is 0. The molecule has 0 aliphatic heterocycles. The third kappa shape index (κ3) is 36.7. The van der Waals surface area contributed by atoms with Crippen LogP contribution in [0.1, 0.15) is 168 Å². The van der Waals surface area contributed by atoms with E-state index in [0.29, 0.717) is 19.3 Å². The van der Waals surface area contributed by atoms with Crippen molar-refractivity contribution in [3.8, 4) is 0 Å². The van der Waals surface area contributed by atoms with Crippen molar-refractivity contribution >= 4 is 11.9 Å². The van der Waals surface area contributed by atoms with Crippen molar-refractivity contribution in [1.29, 1.82) is 0 Å². The Kier molecular flexibility index (Phi) is 35.0. The lowest BCUT2D eigenvalue weighted by molar-refractivity contribution is -0.161. The van der Waals surface area contributed by atoms with Crippen LogP contribution in [0.4, 0.5) is 0 Å². The highest BCUT2D eigenvalue weighted by atomic mass is 16.6. The number of esters is 2. The second kappa shape index (κ2) is 36.8. The number of aliphatic hydroxyl groups is 2. The average molecular weight is 687 g/mol. The molecule has 0 heterocycles. The molecule has 0 spiro atoms. The van der Waals surface area contributed by atoms with Gasteiger partial charge in [-0.1, -0.05) is 171 Å². The lowest BCUT2D eigenvalue weighted by Gasteiger charge is -2.15. The molecule has 0 aromatic carbocycles. The van der Waals surface area contributed by atoms with Crippen LogP contribution < -0.4 is 0 Å². The van der Waals surface area contributed by atoms with Gasteiger partial charge in [-0.3, -0.25) is 9.59 Å². The smallest absolute Gasteiger partial charge is 0.306 e. The molecule has 0 radical (unpaired) electrons. The van der Waals surface area contributed by atoms with Crippen LogP contribution in [0.2, 0.25) is 0 Å². The van der Waals surface area contributed by atoms with Crippen LogP contribution >= 0.6 is 0 Å². The molecule has 0 aliphatic rings. The van der Waals surface area contributed by atoms with Crippen molar-refractivity contribution in [3.63, 3.8) is 0 Å². The zero-order valence-corrected chi connectivity index (χ0v) is 31.7. The van der Waals surface area contributed by atoms with Crippen molar-refractivity contribution in [1.82, 2.24) is 0 Å². The maximum absolute atomic E-state index is 12.1. The molecule has 0 aromatic heterocycles. The van der Waals surface area contributed by atoms with Gasteiger partial charge in [0.15, 0.2) is 6.10 Å². The Morgan fingerprint density at radius 2 is 1.18 bits per heavy atom. The summed E-state index contributed by atoms with van der Waals surface area (Å²) in [5, 5.41) is 19.5. The van der Waals surface area contributed by atoms with Crippen LogP contribution in [0.15, 0.2) is 60.8 Å². The molecule has 2 atom stereocenters. The third-order valence-corrected chi connectivity index (χ3v) is 8.33. The maximum Gasteiger partial charge on any atom is 0.306 e. The first-order valence-electron chi connectivity index (χ1n) is 19.8. The van der Waals surface area contributed by atoms with Gasteiger partial charge in [0.2, 0.25) is 0 Å². The summed E-state index contributed by atoms with van der Waals surface area (Å²) < 4.78 is 10.5. The van der Waals surface area contributed by atoms with Crippen molar-refractivity contribution in [2.24, 2.45) is 5.92 Å². The van der Waals surface area contributed by atoms with Crippen molar-refractivity contribution in [2.45, 2.75) is 181 Å². The van der Waals surface area contributed by atoms with E-state index in [-0.39, 0.29) is 25.6 Å². The van der Waals surface area contributed by atoms with Crippen LogP contribution in [-0.4, -0.2) is 47.6 Å². The summed E-state index contributed by atoms with van der Waals surface area (Å²) >= 11 is 0. The molecule has 6 heteroatoms. The molecule has 0 fully saturated rings. The number of hydrogen-bond donors (Lipinski definition) is 2. The predicted molar refractivity (Wildman–Crippen MR) is 206 cm³/mol. The summed E-state index contributed by atoms with van der Waals surface area (Å²) in [5.41, 5.74) is 0. The lowest BCUT2D eigenvalue weighted by Crippen LogP contribution is -2.28. The third-order valence-electron chi connectivity index (χ3n) is 8.33. The Hall–Kier alpha value is -2.44. The SMILES string of the molecule is CC/C=C\C/C=C\CC(O)/C=C/C=C\C/C=C\CCCC(=O)O[C@@H](CO)COC(=O)CCCCCCCCCCCCCCCCC(C)C. The molecule has 0 bridgehead atoms. The highest BCUT2D eigenvalue weighted by molar-refractivity contribution is 5.70. The van der Waals surface area contributed by atoms with Crippen LogP contribution in [0.25, 0.3) is 0 Å². The average Bonchev–Trinajstić information content (AvgIpc) is 3.08. The molecule has 0 rings (SSSR count). The standard InChI is InChI=1S/C43H74O6/c1-4-5-6-7-23-28-33-40(45)34-29-24-19-16-17-21-26-31-36-43(47)49-41(37-44)38-48-42(46)35-30-25-20-15-13-11-9-8-10-12-14-18-22-27-32-39(2)3/h5-6,17,19,21,23-24,28-29,34,39-41,44-45H,4,7-16,18,20,22,25-27,30-33,35-38H2,1-3H3/b6-5-,21-17-,24-19-,28-23-,34-29+/t40?,41-/m0/s1. The van der Waals surface area contributed by atoms with E-state index in [0.717, 1.165) is 50.9 Å². The molecule has 0 saturated carbocycles. The Balaban J connectivity index is 3.72. The largest absolute Gasteiger partial charge is 0.462 e. The molecule has 282 valence electrons. The lowest BCUT2D eigenvalue weighted by atomic mass is 10.0. The molecule has 49 heavy (non-hydrogen) atoms. The highest BCUT2D eigenvalue weighted by Gasteiger charge is 2.16. The fraction of sp³-hybridized carbons (Fsp3) is 0.721. The second-order valence-corrected chi connectivity index (χ2v) is 13.7. The second-order valence-electron chi connectivity index (χ2n) is 13.7. The summed E-state index contributed by atoms with van der Waals surface area (Å²) in [4.78, 5) is 24.2. The molecule has 0 aliphatic carbocycles. The molecule has 0 aromatic rings. The van der Waals surface area contributed by atoms with Gasteiger partial charge < -0.3 is 19.7 Å². The van der Waals surface area contributed by atoms with E-state index in [1.807, 2.05) is 36.5 Å². The fourth-order valence-corrected chi connectivity index (χ4v) is 5.33. The highest BCUT2D eigenvalue weighted by Crippen LogP contribution is 2.15.